The van der Waals surface area contributed by atoms with Gasteiger partial charge in [-0.1, -0.05) is 112 Å². The van der Waals surface area contributed by atoms with Crippen molar-refractivity contribution < 1.29 is 15.1 Å². The fourth-order valence-electron chi connectivity index (χ4n) is 10.5. The molecule has 6 heteroatoms. The van der Waals surface area contributed by atoms with E-state index in [1.54, 1.807) is 11.1 Å². The summed E-state index contributed by atoms with van der Waals surface area (Å²) in [6.45, 7) is 15.9. The van der Waals surface area contributed by atoms with Crippen molar-refractivity contribution in [2.24, 2.45) is 0 Å². The molecule has 2 nitrogen and oxygen atoms in total. The third kappa shape index (κ3) is 9.58. The molecule has 3 aromatic carbocycles. The number of nitrogens with zero attached hydrogens (tertiary/aromatic N) is 2. The number of rotatable bonds is 6. The zero-order valence-corrected chi connectivity index (χ0v) is 37.2. The van der Waals surface area contributed by atoms with Crippen molar-refractivity contribution >= 4 is 44.8 Å². The monoisotopic (exact) mass is 856 g/mol. The quantitative estimate of drug-likeness (QED) is 0.138. The Labute approximate surface area is 338 Å². The third-order valence-corrected chi connectivity index (χ3v) is 16.2. The Kier molecular flexibility index (Phi) is 14.9. The van der Waals surface area contributed by atoms with E-state index in [0.717, 1.165) is 30.8 Å². The zero-order chi connectivity index (χ0) is 37.5. The SMILES string of the molecule is Cc1cc(C)c(N2CCN(c3c(C)cc(C)cc3C)C2=C2CCCC(P(C3CCCCC3)C3CCCCC3)C2=C=Cc2ccccc2)c(C)c1.[Cl][Ru][Cl]. The summed E-state index contributed by atoms with van der Waals surface area (Å²) in [7, 11) is 9.57. The molecule has 1 heterocycles. The fraction of sp³-hybridized carbons (Fsp3) is 0.511. The maximum atomic E-state index is 4.85. The first kappa shape index (κ1) is 40.8. The van der Waals surface area contributed by atoms with Crippen LogP contribution in [0, 0.1) is 41.5 Å². The Balaban J connectivity index is 0.00000155. The van der Waals surface area contributed by atoms with E-state index in [2.05, 4.69) is 118 Å². The van der Waals surface area contributed by atoms with Crippen molar-refractivity contribution in [3.8, 4) is 0 Å². The Hall–Kier alpha value is -1.85. The van der Waals surface area contributed by atoms with Crippen molar-refractivity contribution in [3.05, 3.63) is 116 Å². The zero-order valence-electron chi connectivity index (χ0n) is 33.1. The van der Waals surface area contributed by atoms with E-state index in [9.17, 15) is 0 Å². The van der Waals surface area contributed by atoms with Crippen LogP contribution in [0.2, 0.25) is 0 Å². The van der Waals surface area contributed by atoms with Gasteiger partial charge in [0.15, 0.2) is 0 Å². The minimum absolute atomic E-state index is 0.137. The van der Waals surface area contributed by atoms with Crippen molar-refractivity contribution in [1.82, 2.24) is 0 Å². The summed E-state index contributed by atoms with van der Waals surface area (Å²) in [5.41, 5.74) is 22.2. The van der Waals surface area contributed by atoms with Gasteiger partial charge in [-0.15, -0.1) is 5.73 Å². The summed E-state index contributed by atoms with van der Waals surface area (Å²) in [5, 5.41) is 0. The van der Waals surface area contributed by atoms with Crippen LogP contribution >= 0.6 is 27.3 Å². The molecule has 0 amide bonds. The molecule has 0 aromatic heterocycles. The molecule has 3 saturated carbocycles. The molecule has 3 aromatic rings. The van der Waals surface area contributed by atoms with Crippen LogP contribution < -0.4 is 9.80 Å². The second kappa shape index (κ2) is 19.3. The summed E-state index contributed by atoms with van der Waals surface area (Å²) in [6.07, 6.45) is 20.6. The number of benzene rings is 3. The molecule has 7 rings (SSSR count). The van der Waals surface area contributed by atoms with Crippen molar-refractivity contribution in [1.29, 1.82) is 0 Å². The topological polar surface area (TPSA) is 6.48 Å². The third-order valence-electron chi connectivity index (χ3n) is 12.2. The van der Waals surface area contributed by atoms with Gasteiger partial charge in [-0.3, -0.25) is 0 Å². The standard InChI is InChI=1S/C47H61N2P.2ClH.Ru/c1-33-29-35(3)45(36(4)30-33)48-27-28-49(46-37(5)31-34(2)32-38(46)6)47(48)43-23-16-24-44(42(43)26-25-39-17-10-7-11-18-39)50(40-19-12-8-13-20-40)41-21-14-9-15-22-41;;;/h7,10-11,17-18,25,29-32,40-41,44H,8-9,12-16,19-24,27-28H2,1-6H3;2*1H;/q;;;+2/p-2. The Bertz CT molecular complexity index is 1670. The normalized spacial score (nSPS) is 20.2. The van der Waals surface area contributed by atoms with E-state index in [0.29, 0.717) is 5.66 Å². The van der Waals surface area contributed by atoms with Crippen LogP contribution in [0.1, 0.15) is 122 Å². The van der Waals surface area contributed by atoms with Crippen LogP contribution in [-0.2, 0) is 15.1 Å². The predicted octanol–water partition coefficient (Wildman–Crippen LogP) is 14.4. The van der Waals surface area contributed by atoms with Gasteiger partial charge in [0.2, 0.25) is 0 Å². The van der Waals surface area contributed by atoms with Crippen LogP contribution in [0.15, 0.2) is 77.3 Å². The summed E-state index contributed by atoms with van der Waals surface area (Å²) in [6, 6.07) is 20.6. The first-order valence-corrected chi connectivity index (χ1v) is 26.3. The Morgan fingerprint density at radius 3 is 1.55 bits per heavy atom. The second-order valence-electron chi connectivity index (χ2n) is 16.2. The molecule has 1 unspecified atom stereocenters. The number of aryl methyl sites for hydroxylation is 6. The first-order valence-electron chi connectivity index (χ1n) is 20.3. The average molecular weight is 857 g/mol. The number of anilines is 2. The molecule has 3 aliphatic carbocycles. The molecule has 1 aliphatic heterocycles. The molecule has 0 radical (unpaired) electrons. The molecule has 0 bridgehead atoms. The molecule has 1 atom stereocenters. The minimum atomic E-state index is -0.346. The molecule has 4 fully saturated rings. The molecular weight excluding hydrogens is 795 g/mol. The van der Waals surface area contributed by atoms with Crippen molar-refractivity contribution in [3.63, 3.8) is 0 Å². The number of hydrogen-bond donors (Lipinski definition) is 0. The Morgan fingerprint density at radius 2 is 1.09 bits per heavy atom. The van der Waals surface area contributed by atoms with Crippen molar-refractivity contribution in [2.75, 3.05) is 22.9 Å². The van der Waals surface area contributed by atoms with E-state index in [4.69, 9.17) is 19.4 Å². The van der Waals surface area contributed by atoms with Crippen LogP contribution in [0.4, 0.5) is 11.4 Å². The molecular formula is C47H61Cl2N2PRu. The molecule has 0 spiro atoms. The van der Waals surface area contributed by atoms with Gasteiger partial charge >= 0.3 is 34.5 Å². The number of hydrogen-bond acceptors (Lipinski definition) is 2. The molecule has 4 aliphatic rings. The number of halogens is 2. The first-order chi connectivity index (χ1) is 25.7. The second-order valence-corrected chi connectivity index (χ2v) is 21.8. The van der Waals surface area contributed by atoms with E-state index in [1.165, 1.54) is 133 Å². The van der Waals surface area contributed by atoms with Crippen molar-refractivity contribution in [2.45, 2.75) is 142 Å². The van der Waals surface area contributed by atoms with Gasteiger partial charge in [0.1, 0.15) is 5.82 Å². The Morgan fingerprint density at radius 1 is 0.642 bits per heavy atom. The summed E-state index contributed by atoms with van der Waals surface area (Å²) >= 11 is -0.346. The van der Waals surface area contributed by atoms with Crippen LogP contribution in [-0.4, -0.2) is 30.1 Å². The fourth-order valence-corrected chi connectivity index (χ4v) is 15.0. The van der Waals surface area contributed by atoms with Gasteiger partial charge in [0.25, 0.3) is 0 Å². The van der Waals surface area contributed by atoms with E-state index in [-0.39, 0.29) is 23.1 Å². The van der Waals surface area contributed by atoms with E-state index in [1.807, 2.05) is 0 Å². The van der Waals surface area contributed by atoms with Gasteiger partial charge < -0.3 is 9.80 Å². The van der Waals surface area contributed by atoms with Crippen LogP contribution in [0.5, 0.6) is 0 Å². The van der Waals surface area contributed by atoms with Gasteiger partial charge in [0.05, 0.1) is 0 Å². The predicted molar refractivity (Wildman–Crippen MR) is 231 cm³/mol. The maximum absolute atomic E-state index is 4.85. The van der Waals surface area contributed by atoms with Gasteiger partial charge in [-0.25, -0.2) is 0 Å². The molecule has 53 heavy (non-hydrogen) atoms. The van der Waals surface area contributed by atoms with E-state index >= 15 is 0 Å². The molecule has 286 valence electrons. The van der Waals surface area contributed by atoms with Crippen LogP contribution in [0.3, 0.4) is 0 Å². The molecule has 0 N–H and O–H groups in total. The summed E-state index contributed by atoms with van der Waals surface area (Å²) in [5.74, 6) is 1.45. The summed E-state index contributed by atoms with van der Waals surface area (Å²) < 4.78 is 0. The van der Waals surface area contributed by atoms with Gasteiger partial charge in [-0.05, 0) is 132 Å². The van der Waals surface area contributed by atoms with Crippen LogP contribution in [0.25, 0.3) is 6.08 Å². The van der Waals surface area contributed by atoms with Gasteiger partial charge in [0, 0.05) is 41.3 Å². The summed E-state index contributed by atoms with van der Waals surface area (Å²) in [4.78, 5) is 5.49. The van der Waals surface area contributed by atoms with E-state index < -0.39 is 0 Å². The number of allylic oxidation sites excluding steroid dienone is 2. The average Bonchev–Trinajstić information content (AvgIpc) is 3.55. The molecule has 1 saturated heterocycles. The van der Waals surface area contributed by atoms with Gasteiger partial charge in [-0.2, -0.15) is 0 Å².